The lowest BCUT2D eigenvalue weighted by atomic mass is 9.94. The van der Waals surface area contributed by atoms with E-state index in [-0.39, 0.29) is 5.91 Å². The molecule has 0 aliphatic carbocycles. The Morgan fingerprint density at radius 3 is 2.88 bits per heavy atom. The summed E-state index contributed by atoms with van der Waals surface area (Å²) < 4.78 is 3.84. The highest BCUT2D eigenvalue weighted by Crippen LogP contribution is 2.24. The molecule has 130 valence electrons. The van der Waals surface area contributed by atoms with Gasteiger partial charge in [-0.25, -0.2) is 0 Å². The topological polar surface area (TPSA) is 59.2 Å². The molecule has 0 bridgehead atoms. The molecule has 24 heavy (non-hydrogen) atoms. The molecule has 7 heteroatoms. The van der Waals surface area contributed by atoms with E-state index in [0.717, 1.165) is 37.2 Å². The van der Waals surface area contributed by atoms with Crippen molar-refractivity contribution in [2.24, 2.45) is 5.92 Å². The first-order valence-electron chi connectivity index (χ1n) is 8.47. The Morgan fingerprint density at radius 2 is 2.17 bits per heavy atom. The summed E-state index contributed by atoms with van der Waals surface area (Å²) in [5.41, 5.74) is 1.84. The van der Waals surface area contributed by atoms with Gasteiger partial charge in [0.05, 0.1) is 24.0 Å². The Balaban J connectivity index is 1.66. The van der Waals surface area contributed by atoms with Gasteiger partial charge in [0.25, 0.3) is 5.91 Å². The molecule has 1 aliphatic heterocycles. The summed E-state index contributed by atoms with van der Waals surface area (Å²) in [6.07, 6.45) is 7.44. The lowest BCUT2D eigenvalue weighted by molar-refractivity contribution is 0.0787. The van der Waals surface area contributed by atoms with Crippen LogP contribution in [0, 0.1) is 5.92 Å². The third-order valence-electron chi connectivity index (χ3n) is 4.60. The molecule has 7 nitrogen and oxygen atoms in total. The number of aromatic nitrogens is 4. The van der Waals surface area contributed by atoms with Crippen LogP contribution in [-0.2, 0) is 19.5 Å². The summed E-state index contributed by atoms with van der Waals surface area (Å²) >= 11 is 0. The van der Waals surface area contributed by atoms with Crippen molar-refractivity contribution in [3.05, 3.63) is 35.9 Å². The lowest BCUT2D eigenvalue weighted by Gasteiger charge is -2.27. The molecule has 0 radical (unpaired) electrons. The summed E-state index contributed by atoms with van der Waals surface area (Å²) in [7, 11) is 6.04. The predicted octanol–water partition coefficient (Wildman–Crippen LogP) is 0.976. The zero-order chi connectivity index (χ0) is 17.1. The van der Waals surface area contributed by atoms with Gasteiger partial charge in [-0.1, -0.05) is 0 Å². The predicted molar refractivity (Wildman–Crippen MR) is 91.8 cm³/mol. The van der Waals surface area contributed by atoms with E-state index in [0.29, 0.717) is 19.0 Å². The molecular weight excluding hydrogens is 304 g/mol. The minimum atomic E-state index is 0.0499. The second kappa shape index (κ2) is 7.17. The summed E-state index contributed by atoms with van der Waals surface area (Å²) in [5, 5.41) is 8.60. The third kappa shape index (κ3) is 3.67. The van der Waals surface area contributed by atoms with E-state index in [1.54, 1.807) is 17.3 Å². The van der Waals surface area contributed by atoms with Gasteiger partial charge in [-0.15, -0.1) is 0 Å². The Bertz CT molecular complexity index is 675. The molecule has 3 heterocycles. The SMILES string of the molecule is CN(C)CC1CCn2ncc(C(=O)N(C)CCn3cccn3)c2C1. The maximum atomic E-state index is 12.8. The van der Waals surface area contributed by atoms with E-state index < -0.39 is 0 Å². The first-order valence-corrected chi connectivity index (χ1v) is 8.47. The zero-order valence-corrected chi connectivity index (χ0v) is 14.7. The second-order valence-corrected chi connectivity index (χ2v) is 6.84. The molecule has 0 saturated heterocycles. The molecule has 1 amide bonds. The van der Waals surface area contributed by atoms with Gasteiger partial charge >= 0.3 is 0 Å². The fourth-order valence-corrected chi connectivity index (χ4v) is 3.34. The van der Waals surface area contributed by atoms with Crippen LogP contribution < -0.4 is 0 Å². The zero-order valence-electron chi connectivity index (χ0n) is 14.7. The maximum absolute atomic E-state index is 12.8. The molecule has 2 aromatic heterocycles. The standard InChI is InChI=1S/C17H26N6O/c1-20(2)13-14-5-8-23-16(11-14)15(12-19-23)17(24)21(3)9-10-22-7-4-6-18-22/h4,6-7,12,14H,5,8-11,13H2,1-3H3. The lowest BCUT2D eigenvalue weighted by Crippen LogP contribution is -2.33. The molecule has 2 aromatic rings. The average Bonchev–Trinajstić information content (AvgIpc) is 3.20. The Hall–Kier alpha value is -2.15. The first kappa shape index (κ1) is 16.7. The van der Waals surface area contributed by atoms with Gasteiger partial charge in [0.2, 0.25) is 0 Å². The number of carbonyl (C=O) groups excluding carboxylic acids is 1. The van der Waals surface area contributed by atoms with Crippen molar-refractivity contribution in [1.29, 1.82) is 0 Å². The van der Waals surface area contributed by atoms with Crippen LogP contribution in [0.1, 0.15) is 22.5 Å². The van der Waals surface area contributed by atoms with Gasteiger partial charge in [0.15, 0.2) is 0 Å². The van der Waals surface area contributed by atoms with Crippen LogP contribution in [0.2, 0.25) is 0 Å². The van der Waals surface area contributed by atoms with Crippen molar-refractivity contribution in [3.8, 4) is 0 Å². The highest BCUT2D eigenvalue weighted by Gasteiger charge is 2.26. The van der Waals surface area contributed by atoms with Crippen LogP contribution in [0.15, 0.2) is 24.7 Å². The van der Waals surface area contributed by atoms with E-state index in [4.69, 9.17) is 0 Å². The quantitative estimate of drug-likeness (QED) is 0.792. The highest BCUT2D eigenvalue weighted by atomic mass is 16.2. The van der Waals surface area contributed by atoms with E-state index in [1.165, 1.54) is 0 Å². The third-order valence-corrected chi connectivity index (χ3v) is 4.60. The Kier molecular flexibility index (Phi) is 4.99. The van der Waals surface area contributed by atoms with Crippen molar-refractivity contribution in [3.63, 3.8) is 0 Å². The number of fused-ring (bicyclic) bond motifs is 1. The van der Waals surface area contributed by atoms with Crippen LogP contribution in [0.3, 0.4) is 0 Å². The van der Waals surface area contributed by atoms with E-state index in [9.17, 15) is 4.79 Å². The van der Waals surface area contributed by atoms with Crippen molar-refractivity contribution in [2.45, 2.75) is 25.9 Å². The first-order chi connectivity index (χ1) is 11.5. The van der Waals surface area contributed by atoms with E-state index >= 15 is 0 Å². The van der Waals surface area contributed by atoms with Crippen LogP contribution >= 0.6 is 0 Å². The van der Waals surface area contributed by atoms with Gasteiger partial charge in [0, 0.05) is 39.1 Å². The van der Waals surface area contributed by atoms with Crippen LogP contribution in [0.4, 0.5) is 0 Å². The minimum Gasteiger partial charge on any atom is -0.340 e. The molecule has 0 fully saturated rings. The van der Waals surface area contributed by atoms with Gasteiger partial charge in [-0.05, 0) is 38.9 Å². The molecule has 3 rings (SSSR count). The second-order valence-electron chi connectivity index (χ2n) is 6.84. The number of likely N-dealkylation sites (N-methyl/N-ethyl adjacent to an activating group) is 1. The normalized spacial score (nSPS) is 17.1. The molecule has 0 saturated carbocycles. The van der Waals surface area contributed by atoms with Gasteiger partial charge in [0.1, 0.15) is 0 Å². The van der Waals surface area contributed by atoms with Crippen LogP contribution in [-0.4, -0.2) is 69.5 Å². The number of nitrogens with zero attached hydrogens (tertiary/aromatic N) is 6. The fourth-order valence-electron chi connectivity index (χ4n) is 3.34. The molecule has 1 atom stereocenters. The van der Waals surface area contributed by atoms with Crippen molar-refractivity contribution < 1.29 is 4.79 Å². The molecular formula is C17H26N6O. The number of hydrogen-bond donors (Lipinski definition) is 0. The number of hydrogen-bond acceptors (Lipinski definition) is 4. The summed E-state index contributed by atoms with van der Waals surface area (Å²) in [5.74, 6) is 0.638. The van der Waals surface area contributed by atoms with Crippen molar-refractivity contribution >= 4 is 5.91 Å². The molecule has 0 N–H and O–H groups in total. The molecule has 0 aromatic carbocycles. The summed E-state index contributed by atoms with van der Waals surface area (Å²) in [6.45, 7) is 3.28. The molecule has 0 spiro atoms. The monoisotopic (exact) mass is 330 g/mol. The molecule has 1 aliphatic rings. The Morgan fingerprint density at radius 1 is 1.33 bits per heavy atom. The molecule has 1 unspecified atom stereocenters. The number of rotatable bonds is 6. The van der Waals surface area contributed by atoms with Gasteiger partial charge in [-0.2, -0.15) is 10.2 Å². The minimum absolute atomic E-state index is 0.0499. The van der Waals surface area contributed by atoms with Gasteiger partial charge in [-0.3, -0.25) is 14.2 Å². The average molecular weight is 330 g/mol. The summed E-state index contributed by atoms with van der Waals surface area (Å²) in [6, 6.07) is 1.89. The van der Waals surface area contributed by atoms with Gasteiger partial charge < -0.3 is 9.80 Å². The fraction of sp³-hybridized carbons (Fsp3) is 0.588. The number of carbonyl (C=O) groups is 1. The Labute approximate surface area is 142 Å². The number of aryl methyl sites for hydroxylation is 1. The van der Waals surface area contributed by atoms with Crippen LogP contribution in [0.5, 0.6) is 0 Å². The maximum Gasteiger partial charge on any atom is 0.257 e. The van der Waals surface area contributed by atoms with Crippen molar-refractivity contribution in [2.75, 3.05) is 34.2 Å². The van der Waals surface area contributed by atoms with E-state index in [2.05, 4.69) is 29.2 Å². The smallest absolute Gasteiger partial charge is 0.257 e. The number of amides is 1. The highest BCUT2D eigenvalue weighted by molar-refractivity contribution is 5.95. The summed E-state index contributed by atoms with van der Waals surface area (Å²) in [4.78, 5) is 16.8. The largest absolute Gasteiger partial charge is 0.340 e. The van der Waals surface area contributed by atoms with E-state index in [1.807, 2.05) is 28.7 Å². The van der Waals surface area contributed by atoms with Crippen molar-refractivity contribution in [1.82, 2.24) is 29.4 Å². The van der Waals surface area contributed by atoms with Crippen LogP contribution in [0.25, 0.3) is 0 Å².